The van der Waals surface area contributed by atoms with Crippen LogP contribution >= 0.6 is 15.9 Å². The van der Waals surface area contributed by atoms with E-state index in [-0.39, 0.29) is 5.41 Å². The van der Waals surface area contributed by atoms with Crippen LogP contribution in [0.4, 0.5) is 0 Å². The fourth-order valence-corrected chi connectivity index (χ4v) is 3.82. The van der Waals surface area contributed by atoms with Gasteiger partial charge in [0.25, 0.3) is 0 Å². The average molecular weight is 344 g/mol. The Morgan fingerprint density at radius 1 is 1.45 bits per heavy atom. The van der Waals surface area contributed by atoms with Gasteiger partial charge < -0.3 is 10.0 Å². The van der Waals surface area contributed by atoms with Crippen molar-refractivity contribution in [2.45, 2.75) is 51.7 Å². The lowest BCUT2D eigenvalue weighted by atomic mass is 9.76. The second-order valence-corrected chi connectivity index (χ2v) is 7.08. The molecule has 0 spiro atoms. The molecule has 0 saturated heterocycles. The summed E-state index contributed by atoms with van der Waals surface area (Å²) in [6.07, 6.45) is 7.12. The van der Waals surface area contributed by atoms with Crippen molar-refractivity contribution in [3.05, 3.63) is 16.4 Å². The van der Waals surface area contributed by atoms with Crippen molar-refractivity contribution in [1.29, 1.82) is 0 Å². The van der Waals surface area contributed by atoms with Crippen molar-refractivity contribution in [2.24, 2.45) is 5.41 Å². The smallest absolute Gasteiger partial charge is 0.102 e. The standard InChI is InChI=1S/C15H26BrN3O/c1-4-15(7-5-6-8-15)14(20)13-12(16)11-17-19(13)10-9-18(2)3/h11,14,20H,4-10H2,1-3H3. The number of rotatable bonds is 6. The Hall–Kier alpha value is -0.390. The highest BCUT2D eigenvalue weighted by molar-refractivity contribution is 9.10. The second-order valence-electron chi connectivity index (χ2n) is 6.23. The molecule has 1 heterocycles. The van der Waals surface area contributed by atoms with Gasteiger partial charge in [-0.2, -0.15) is 5.10 Å². The number of halogens is 1. The van der Waals surface area contributed by atoms with Gasteiger partial charge in [0, 0.05) is 12.0 Å². The van der Waals surface area contributed by atoms with Gasteiger partial charge in [0.05, 0.1) is 22.9 Å². The number of aliphatic hydroxyl groups is 1. The Morgan fingerprint density at radius 3 is 2.65 bits per heavy atom. The number of aromatic nitrogens is 2. The molecule has 5 heteroatoms. The number of hydrogen-bond acceptors (Lipinski definition) is 3. The molecular formula is C15H26BrN3O. The summed E-state index contributed by atoms with van der Waals surface area (Å²) in [5.41, 5.74) is 0.994. The van der Waals surface area contributed by atoms with Gasteiger partial charge in [0.15, 0.2) is 0 Å². The molecule has 1 unspecified atom stereocenters. The maximum atomic E-state index is 11.0. The molecule has 4 nitrogen and oxygen atoms in total. The molecule has 1 fully saturated rings. The Labute approximate surface area is 130 Å². The lowest BCUT2D eigenvalue weighted by Gasteiger charge is -2.34. The van der Waals surface area contributed by atoms with Gasteiger partial charge in [0.2, 0.25) is 0 Å². The minimum Gasteiger partial charge on any atom is -0.386 e. The summed E-state index contributed by atoms with van der Waals surface area (Å²) >= 11 is 3.57. The maximum absolute atomic E-state index is 11.0. The van der Waals surface area contributed by atoms with Crippen LogP contribution < -0.4 is 0 Å². The Balaban J connectivity index is 2.24. The zero-order valence-corrected chi connectivity index (χ0v) is 14.4. The van der Waals surface area contributed by atoms with Crippen molar-refractivity contribution in [3.63, 3.8) is 0 Å². The lowest BCUT2D eigenvalue weighted by molar-refractivity contribution is 0.0162. The van der Waals surface area contributed by atoms with E-state index in [0.717, 1.165) is 42.5 Å². The molecule has 114 valence electrons. The van der Waals surface area contributed by atoms with E-state index in [2.05, 4.69) is 46.9 Å². The van der Waals surface area contributed by atoms with E-state index in [1.54, 1.807) is 0 Å². The van der Waals surface area contributed by atoms with Gasteiger partial charge in [-0.25, -0.2) is 0 Å². The molecule has 20 heavy (non-hydrogen) atoms. The zero-order chi connectivity index (χ0) is 14.8. The molecule has 1 N–H and O–H groups in total. The highest BCUT2D eigenvalue weighted by Crippen LogP contribution is 2.50. The van der Waals surface area contributed by atoms with E-state index in [1.165, 1.54) is 12.8 Å². The van der Waals surface area contributed by atoms with Gasteiger partial charge in [0.1, 0.15) is 6.10 Å². The molecule has 1 aliphatic carbocycles. The Morgan fingerprint density at radius 2 is 2.10 bits per heavy atom. The van der Waals surface area contributed by atoms with Gasteiger partial charge in [-0.3, -0.25) is 4.68 Å². The first-order valence-corrected chi connectivity index (χ1v) is 8.33. The molecule has 1 atom stereocenters. The first kappa shape index (κ1) is 16.0. The minimum atomic E-state index is -0.422. The monoisotopic (exact) mass is 343 g/mol. The summed E-state index contributed by atoms with van der Waals surface area (Å²) in [5.74, 6) is 0. The summed E-state index contributed by atoms with van der Waals surface area (Å²) in [6.45, 7) is 3.93. The summed E-state index contributed by atoms with van der Waals surface area (Å²) in [4.78, 5) is 2.14. The molecule has 0 bridgehead atoms. The molecule has 1 saturated carbocycles. The minimum absolute atomic E-state index is 0.0401. The van der Waals surface area contributed by atoms with Crippen LogP contribution in [-0.2, 0) is 6.54 Å². The highest BCUT2D eigenvalue weighted by Gasteiger charge is 2.41. The van der Waals surface area contributed by atoms with Crippen molar-refractivity contribution < 1.29 is 5.11 Å². The third kappa shape index (κ3) is 3.10. The van der Waals surface area contributed by atoms with Gasteiger partial charge in [-0.1, -0.05) is 19.8 Å². The average Bonchev–Trinajstić information content (AvgIpc) is 3.03. The topological polar surface area (TPSA) is 41.3 Å². The molecule has 0 amide bonds. The van der Waals surface area contributed by atoms with E-state index < -0.39 is 6.10 Å². The van der Waals surface area contributed by atoms with Crippen LogP contribution in [0.25, 0.3) is 0 Å². The maximum Gasteiger partial charge on any atom is 0.102 e. The predicted molar refractivity (Wildman–Crippen MR) is 84.6 cm³/mol. The third-order valence-electron chi connectivity index (χ3n) is 4.73. The normalized spacial score (nSPS) is 19.7. The summed E-state index contributed by atoms with van der Waals surface area (Å²) < 4.78 is 2.90. The van der Waals surface area contributed by atoms with Gasteiger partial charge in [-0.15, -0.1) is 0 Å². The zero-order valence-electron chi connectivity index (χ0n) is 12.8. The number of nitrogens with zero attached hydrogens (tertiary/aromatic N) is 3. The molecule has 0 radical (unpaired) electrons. The predicted octanol–water partition coefficient (Wildman–Crippen LogP) is 3.21. The molecule has 2 rings (SSSR count). The molecule has 1 aromatic heterocycles. The fourth-order valence-electron chi connectivity index (χ4n) is 3.31. The summed E-state index contributed by atoms with van der Waals surface area (Å²) in [6, 6.07) is 0. The lowest BCUT2D eigenvalue weighted by Crippen LogP contribution is -2.29. The first-order valence-electron chi connectivity index (χ1n) is 7.54. The third-order valence-corrected chi connectivity index (χ3v) is 5.35. The molecule has 1 aliphatic rings. The SMILES string of the molecule is CCC1(C(O)c2c(Br)cnn2CCN(C)C)CCCC1. The number of aliphatic hydroxyl groups excluding tert-OH is 1. The van der Waals surface area contributed by atoms with Crippen LogP contribution in [-0.4, -0.2) is 40.4 Å². The molecular weight excluding hydrogens is 318 g/mol. The summed E-state index contributed by atoms with van der Waals surface area (Å²) in [5, 5.41) is 15.4. The van der Waals surface area contributed by atoms with Crippen molar-refractivity contribution in [3.8, 4) is 0 Å². The van der Waals surface area contributed by atoms with Crippen LogP contribution in [0.3, 0.4) is 0 Å². The van der Waals surface area contributed by atoms with Crippen LogP contribution in [0.5, 0.6) is 0 Å². The summed E-state index contributed by atoms with van der Waals surface area (Å²) in [7, 11) is 4.11. The van der Waals surface area contributed by atoms with Crippen molar-refractivity contribution in [2.75, 3.05) is 20.6 Å². The first-order chi connectivity index (χ1) is 9.50. The van der Waals surface area contributed by atoms with Crippen LogP contribution in [0.2, 0.25) is 0 Å². The number of likely N-dealkylation sites (N-methyl/N-ethyl adjacent to an activating group) is 1. The molecule has 0 aliphatic heterocycles. The van der Waals surface area contributed by atoms with E-state index in [9.17, 15) is 5.11 Å². The van der Waals surface area contributed by atoms with E-state index in [0.29, 0.717) is 0 Å². The quantitative estimate of drug-likeness (QED) is 0.862. The van der Waals surface area contributed by atoms with Crippen molar-refractivity contribution >= 4 is 15.9 Å². The van der Waals surface area contributed by atoms with Crippen LogP contribution in [0, 0.1) is 5.41 Å². The highest BCUT2D eigenvalue weighted by atomic mass is 79.9. The molecule has 1 aromatic rings. The molecule has 0 aromatic carbocycles. The number of hydrogen-bond donors (Lipinski definition) is 1. The Bertz CT molecular complexity index is 438. The second kappa shape index (κ2) is 6.58. The van der Waals surface area contributed by atoms with Crippen LogP contribution in [0.15, 0.2) is 10.7 Å². The van der Waals surface area contributed by atoms with Gasteiger partial charge in [-0.05, 0) is 49.3 Å². The fraction of sp³-hybridized carbons (Fsp3) is 0.800. The largest absolute Gasteiger partial charge is 0.386 e. The van der Waals surface area contributed by atoms with Crippen molar-refractivity contribution in [1.82, 2.24) is 14.7 Å². The van der Waals surface area contributed by atoms with Crippen LogP contribution in [0.1, 0.15) is 50.8 Å². The van der Waals surface area contributed by atoms with Gasteiger partial charge >= 0.3 is 0 Å². The Kier molecular flexibility index (Phi) is 5.26. The van der Waals surface area contributed by atoms with E-state index in [4.69, 9.17) is 0 Å². The van der Waals surface area contributed by atoms with E-state index >= 15 is 0 Å². The van der Waals surface area contributed by atoms with E-state index in [1.807, 2.05) is 10.9 Å².